The van der Waals surface area contributed by atoms with Crippen LogP contribution >= 0.6 is 0 Å². The van der Waals surface area contributed by atoms with Crippen molar-refractivity contribution in [1.29, 1.82) is 0 Å². The van der Waals surface area contributed by atoms with Crippen LogP contribution in [0.2, 0.25) is 0 Å². The van der Waals surface area contributed by atoms with Crippen LogP contribution in [0, 0.1) is 0 Å². The molecular formula is C31H37F6N3O4. The molecule has 1 N–H and O–H groups in total. The van der Waals surface area contributed by atoms with Gasteiger partial charge >= 0.3 is 18.4 Å². The normalized spacial score (nSPS) is 22.2. The molecule has 0 radical (unpaired) electrons. The zero-order valence-electron chi connectivity index (χ0n) is 24.8. The van der Waals surface area contributed by atoms with E-state index >= 15 is 0 Å². The molecule has 2 unspecified atom stereocenters. The minimum Gasteiger partial charge on any atom is -0.444 e. The summed E-state index contributed by atoms with van der Waals surface area (Å²) in [7, 11) is 0. The summed E-state index contributed by atoms with van der Waals surface area (Å²) in [5.41, 5.74) is -4.96. The summed E-state index contributed by atoms with van der Waals surface area (Å²) < 4.78 is 86.5. The second kappa shape index (κ2) is 12.6. The van der Waals surface area contributed by atoms with Crippen molar-refractivity contribution in [3.05, 3.63) is 70.8 Å². The minimum atomic E-state index is -5.09. The van der Waals surface area contributed by atoms with Crippen LogP contribution in [-0.2, 0) is 23.5 Å². The molecule has 0 saturated carbocycles. The molecule has 13 heteroatoms. The van der Waals surface area contributed by atoms with Crippen molar-refractivity contribution in [3.8, 4) is 0 Å². The van der Waals surface area contributed by atoms with Crippen molar-refractivity contribution >= 4 is 12.0 Å². The highest BCUT2D eigenvalue weighted by Crippen LogP contribution is 2.38. The Labute approximate surface area is 252 Å². The van der Waals surface area contributed by atoms with Crippen LogP contribution in [-0.4, -0.2) is 88.3 Å². The van der Waals surface area contributed by atoms with E-state index in [0.717, 1.165) is 5.56 Å². The number of carbonyl (C=O) groups is 2. The predicted octanol–water partition coefficient (Wildman–Crippen LogP) is 5.86. The van der Waals surface area contributed by atoms with Crippen LogP contribution in [0.25, 0.3) is 0 Å². The van der Waals surface area contributed by atoms with E-state index in [2.05, 4.69) is 0 Å². The van der Waals surface area contributed by atoms with Crippen molar-refractivity contribution in [2.75, 3.05) is 39.3 Å². The molecule has 7 nitrogen and oxygen atoms in total. The van der Waals surface area contributed by atoms with Gasteiger partial charge in [-0.15, -0.1) is 0 Å². The van der Waals surface area contributed by atoms with Crippen molar-refractivity contribution in [2.45, 2.75) is 69.6 Å². The number of piperazine rings is 1. The molecule has 4 rings (SSSR count). The lowest BCUT2D eigenvalue weighted by Crippen LogP contribution is -2.59. The molecule has 0 bridgehead atoms. The minimum absolute atomic E-state index is 0.00422. The molecule has 2 heterocycles. The van der Waals surface area contributed by atoms with E-state index < -0.39 is 58.3 Å². The molecule has 44 heavy (non-hydrogen) atoms. The quantitative estimate of drug-likeness (QED) is 0.420. The Balaban J connectivity index is 1.53. The number of hydrogen-bond acceptors (Lipinski definition) is 5. The lowest BCUT2D eigenvalue weighted by molar-refractivity contribution is -0.143. The first kappa shape index (κ1) is 33.6. The lowest BCUT2D eigenvalue weighted by atomic mass is 9.82. The van der Waals surface area contributed by atoms with Crippen molar-refractivity contribution in [2.24, 2.45) is 0 Å². The van der Waals surface area contributed by atoms with E-state index in [1.807, 2.05) is 4.90 Å². The second-order valence-electron chi connectivity index (χ2n) is 12.6. The molecule has 2 amide bonds. The monoisotopic (exact) mass is 629 g/mol. The highest BCUT2D eigenvalue weighted by atomic mass is 19.4. The first-order valence-electron chi connectivity index (χ1n) is 14.4. The first-order chi connectivity index (χ1) is 20.3. The molecule has 0 aromatic heterocycles. The highest BCUT2D eigenvalue weighted by Gasteiger charge is 2.43. The number of likely N-dealkylation sites (tertiary alicyclic amines) is 1. The maximum atomic E-state index is 13.6. The van der Waals surface area contributed by atoms with Gasteiger partial charge in [0, 0.05) is 50.9 Å². The number of nitrogens with zero attached hydrogens (tertiary/aromatic N) is 3. The maximum absolute atomic E-state index is 13.6. The first-order valence-corrected chi connectivity index (χ1v) is 14.4. The fourth-order valence-corrected chi connectivity index (χ4v) is 5.72. The van der Waals surface area contributed by atoms with E-state index in [1.165, 1.54) is 4.90 Å². The zero-order valence-corrected chi connectivity index (χ0v) is 24.8. The van der Waals surface area contributed by atoms with Gasteiger partial charge in [0.25, 0.3) is 5.91 Å². The summed E-state index contributed by atoms with van der Waals surface area (Å²) in [6, 6.07) is 9.15. The van der Waals surface area contributed by atoms with Crippen LogP contribution in [0.3, 0.4) is 0 Å². The topological polar surface area (TPSA) is 73.3 Å². The van der Waals surface area contributed by atoms with Gasteiger partial charge in [0.1, 0.15) is 5.60 Å². The fourth-order valence-electron chi connectivity index (χ4n) is 5.72. The van der Waals surface area contributed by atoms with Gasteiger partial charge in [0.2, 0.25) is 0 Å². The number of ether oxygens (including phenoxy) is 1. The second-order valence-corrected chi connectivity index (χ2v) is 12.6. The van der Waals surface area contributed by atoms with Crippen LogP contribution < -0.4 is 0 Å². The Morgan fingerprint density at radius 3 is 1.98 bits per heavy atom. The number of carbonyl (C=O) groups excluding carboxylic acids is 2. The average Bonchev–Trinajstić information content (AvgIpc) is 2.91. The number of amides is 2. The number of halogens is 6. The summed E-state index contributed by atoms with van der Waals surface area (Å²) >= 11 is 0. The van der Waals surface area contributed by atoms with E-state index in [4.69, 9.17) is 4.74 Å². The Morgan fingerprint density at radius 2 is 1.45 bits per heavy atom. The molecule has 2 aliphatic heterocycles. The van der Waals surface area contributed by atoms with Crippen molar-refractivity contribution in [3.63, 3.8) is 0 Å². The van der Waals surface area contributed by atoms with Gasteiger partial charge in [-0.05, 0) is 63.8 Å². The number of rotatable bonds is 5. The smallest absolute Gasteiger partial charge is 0.416 e. The van der Waals surface area contributed by atoms with Gasteiger partial charge in [0.15, 0.2) is 0 Å². The van der Waals surface area contributed by atoms with Gasteiger partial charge in [-0.1, -0.05) is 30.3 Å². The molecule has 0 spiro atoms. The van der Waals surface area contributed by atoms with Crippen molar-refractivity contribution in [1.82, 2.24) is 14.7 Å². The number of β-amino-alcohol motifs (C(OH)–C–C–N with tert-alkyl or cyclic N) is 1. The summed E-state index contributed by atoms with van der Waals surface area (Å²) in [4.78, 5) is 30.9. The largest absolute Gasteiger partial charge is 0.444 e. The number of aliphatic hydroxyl groups is 1. The van der Waals surface area contributed by atoms with Crippen LogP contribution in [0.5, 0.6) is 0 Å². The van der Waals surface area contributed by atoms with Crippen LogP contribution in [0.4, 0.5) is 31.1 Å². The zero-order chi connectivity index (χ0) is 32.5. The van der Waals surface area contributed by atoms with Gasteiger partial charge in [-0.3, -0.25) is 9.69 Å². The Hall–Kier alpha value is -3.32. The molecule has 2 aliphatic rings. The summed E-state index contributed by atoms with van der Waals surface area (Å²) in [5.74, 6) is -0.962. The number of hydrogen-bond donors (Lipinski definition) is 1. The molecular weight excluding hydrogens is 592 g/mol. The lowest BCUT2D eigenvalue weighted by Gasteiger charge is -2.47. The maximum Gasteiger partial charge on any atom is 0.416 e. The fraction of sp³-hybridized carbons (Fsp3) is 0.548. The summed E-state index contributed by atoms with van der Waals surface area (Å²) in [5, 5.41) is 11.7. The molecule has 2 aromatic carbocycles. The summed E-state index contributed by atoms with van der Waals surface area (Å²) in [6.45, 7) is 7.22. The van der Waals surface area contributed by atoms with E-state index in [0.29, 0.717) is 38.3 Å². The molecule has 0 aliphatic carbocycles. The molecule has 2 aromatic rings. The molecule has 242 valence electrons. The third-order valence-electron chi connectivity index (χ3n) is 7.83. The summed E-state index contributed by atoms with van der Waals surface area (Å²) in [6.07, 6.45) is -10.2. The molecule has 2 atom stereocenters. The van der Waals surface area contributed by atoms with Gasteiger partial charge < -0.3 is 19.6 Å². The van der Waals surface area contributed by atoms with Gasteiger partial charge in [-0.2, -0.15) is 26.3 Å². The van der Waals surface area contributed by atoms with Crippen molar-refractivity contribution < 1.29 is 45.8 Å². The molecule has 2 fully saturated rings. The van der Waals surface area contributed by atoms with E-state index in [9.17, 15) is 41.0 Å². The van der Waals surface area contributed by atoms with E-state index in [1.54, 1.807) is 56.0 Å². The third kappa shape index (κ3) is 8.65. The Morgan fingerprint density at radius 1 is 0.886 bits per heavy atom. The standard InChI is InChI=1S/C31H37F6N3O4/c1-28(2,3)44-27(42)39-13-11-38(12-14-39)20-29(43)9-10-40(25(19-29)15-21-7-5-4-6-8-21)26(41)22-16-23(30(32,33)34)18-24(17-22)31(35,36)37/h4-8,16-18,25,43H,9-15,19-20H2,1-3H3. The van der Waals surface area contributed by atoms with E-state index in [-0.39, 0.29) is 38.4 Å². The molecule has 2 saturated heterocycles. The predicted molar refractivity (Wildman–Crippen MR) is 150 cm³/mol. The van der Waals surface area contributed by atoms with Gasteiger partial charge in [-0.25, -0.2) is 4.79 Å². The number of benzene rings is 2. The van der Waals surface area contributed by atoms with Crippen LogP contribution in [0.15, 0.2) is 48.5 Å². The average molecular weight is 630 g/mol. The SMILES string of the molecule is CC(C)(C)OC(=O)N1CCN(CC2(O)CCN(C(=O)c3cc(C(F)(F)F)cc(C(F)(F)F)c3)C(Cc3ccccc3)C2)CC1. The number of piperidine rings is 1. The Bertz CT molecular complexity index is 1290. The Kier molecular flexibility index (Phi) is 9.60. The third-order valence-corrected chi connectivity index (χ3v) is 7.83. The van der Waals surface area contributed by atoms with Crippen LogP contribution in [0.1, 0.15) is 60.7 Å². The number of alkyl halides is 6. The van der Waals surface area contributed by atoms with Gasteiger partial charge in [0.05, 0.1) is 16.7 Å². The highest BCUT2D eigenvalue weighted by molar-refractivity contribution is 5.95.